The maximum atomic E-state index is 14.2. The lowest BCUT2D eigenvalue weighted by molar-refractivity contribution is 0.104. The second-order valence-corrected chi connectivity index (χ2v) is 12.0. The van der Waals surface area contributed by atoms with Crippen molar-refractivity contribution < 1.29 is 19.0 Å². The first-order chi connectivity index (χ1) is 20.1. The molecular formula is C34H38N2O4S. The highest BCUT2D eigenvalue weighted by Crippen LogP contribution is 2.42. The van der Waals surface area contributed by atoms with E-state index < -0.39 is 0 Å². The molecular weight excluding hydrogens is 532 g/mol. The van der Waals surface area contributed by atoms with E-state index in [4.69, 9.17) is 14.2 Å². The minimum Gasteiger partial charge on any atom is -0.497 e. The van der Waals surface area contributed by atoms with Crippen LogP contribution in [0.25, 0.3) is 20.5 Å². The monoisotopic (exact) mass is 570 g/mol. The Morgan fingerprint density at radius 2 is 1.51 bits per heavy atom. The summed E-state index contributed by atoms with van der Waals surface area (Å²) in [5.74, 6) is 2.38. The smallest absolute Gasteiger partial charge is 0.195 e. The van der Waals surface area contributed by atoms with Crippen LogP contribution >= 0.6 is 11.3 Å². The molecule has 6 nitrogen and oxygen atoms in total. The SMILES string of the molecule is COc1ccc2c(C(=O)c3ccc(CN4CCCC4)c(OC)c3)c(-c3ccc(OCCN4CCCC4)cc3)sc2c1. The Morgan fingerprint density at radius 3 is 2.22 bits per heavy atom. The minimum absolute atomic E-state index is 0.00613. The third kappa shape index (κ3) is 6.13. The average Bonchev–Trinajstić information content (AvgIpc) is 3.79. The van der Waals surface area contributed by atoms with E-state index in [-0.39, 0.29) is 5.78 Å². The van der Waals surface area contributed by atoms with E-state index in [1.807, 2.05) is 42.5 Å². The van der Waals surface area contributed by atoms with Crippen molar-refractivity contribution >= 4 is 27.2 Å². The van der Waals surface area contributed by atoms with E-state index in [0.29, 0.717) is 17.7 Å². The standard InChI is InChI=1S/C34H38N2O4S/c1-38-28-13-14-29-31(22-28)41-34(24-9-11-27(12-10-24)40-20-19-35-15-3-4-16-35)32(29)33(37)25-7-8-26(30(21-25)39-2)23-36-17-5-6-18-36/h7-14,21-22H,3-6,15-20,23H2,1-2H3. The van der Waals surface area contributed by atoms with Gasteiger partial charge in [-0.25, -0.2) is 0 Å². The minimum atomic E-state index is -0.00613. The zero-order chi connectivity index (χ0) is 28.2. The van der Waals surface area contributed by atoms with Gasteiger partial charge in [-0.05, 0) is 106 Å². The summed E-state index contributed by atoms with van der Waals surface area (Å²) in [7, 11) is 3.35. The molecule has 0 spiro atoms. The van der Waals surface area contributed by atoms with Crippen LogP contribution in [0, 0.1) is 0 Å². The fourth-order valence-electron chi connectivity index (χ4n) is 5.98. The van der Waals surface area contributed by atoms with Crippen LogP contribution in [-0.2, 0) is 6.54 Å². The van der Waals surface area contributed by atoms with Gasteiger partial charge in [0.25, 0.3) is 0 Å². The lowest BCUT2D eigenvalue weighted by Gasteiger charge is -2.17. The van der Waals surface area contributed by atoms with Crippen molar-refractivity contribution in [1.82, 2.24) is 9.80 Å². The number of methoxy groups -OCH3 is 2. The van der Waals surface area contributed by atoms with Gasteiger partial charge >= 0.3 is 0 Å². The quantitative estimate of drug-likeness (QED) is 0.183. The topological polar surface area (TPSA) is 51.2 Å². The van der Waals surface area contributed by atoms with Crippen molar-refractivity contribution in [3.63, 3.8) is 0 Å². The third-order valence-electron chi connectivity index (χ3n) is 8.26. The number of hydrogen-bond donors (Lipinski definition) is 0. The highest BCUT2D eigenvalue weighted by molar-refractivity contribution is 7.22. The zero-order valence-corrected chi connectivity index (χ0v) is 24.8. The second kappa shape index (κ2) is 12.6. The van der Waals surface area contributed by atoms with E-state index in [0.717, 1.165) is 69.5 Å². The number of ether oxygens (including phenoxy) is 3. The average molecular weight is 571 g/mol. The number of benzene rings is 3. The Hall–Kier alpha value is -3.39. The Bertz CT molecular complexity index is 1500. The number of ketones is 1. The summed E-state index contributed by atoms with van der Waals surface area (Å²) in [6.07, 6.45) is 5.05. The molecule has 0 N–H and O–H groups in total. The van der Waals surface area contributed by atoms with Crippen LogP contribution in [0.3, 0.4) is 0 Å². The van der Waals surface area contributed by atoms with Crippen LogP contribution in [0.1, 0.15) is 47.2 Å². The summed E-state index contributed by atoms with van der Waals surface area (Å²) in [5, 5.41) is 0.932. The molecule has 3 aromatic carbocycles. The van der Waals surface area contributed by atoms with Crippen LogP contribution in [0.15, 0.2) is 60.7 Å². The summed E-state index contributed by atoms with van der Waals surface area (Å²) < 4.78 is 18.3. The molecule has 2 saturated heterocycles. The van der Waals surface area contributed by atoms with Crippen molar-refractivity contribution in [2.24, 2.45) is 0 Å². The molecule has 0 radical (unpaired) electrons. The highest BCUT2D eigenvalue weighted by Gasteiger charge is 2.24. The summed E-state index contributed by atoms with van der Waals surface area (Å²) in [6, 6.07) is 20.0. The van der Waals surface area contributed by atoms with Crippen molar-refractivity contribution in [2.45, 2.75) is 32.2 Å². The molecule has 7 heteroatoms. The maximum absolute atomic E-state index is 14.2. The largest absolute Gasteiger partial charge is 0.497 e. The van der Waals surface area contributed by atoms with Crippen LogP contribution in [0.5, 0.6) is 17.2 Å². The number of hydrogen-bond acceptors (Lipinski definition) is 7. The summed E-state index contributed by atoms with van der Waals surface area (Å²) in [4.78, 5) is 20.0. The second-order valence-electron chi connectivity index (χ2n) is 10.9. The van der Waals surface area contributed by atoms with Crippen LogP contribution in [0.4, 0.5) is 0 Å². The first-order valence-electron chi connectivity index (χ1n) is 14.6. The van der Waals surface area contributed by atoms with Crippen molar-refractivity contribution in [1.29, 1.82) is 0 Å². The predicted molar refractivity (Wildman–Crippen MR) is 166 cm³/mol. The molecule has 2 fully saturated rings. The third-order valence-corrected chi connectivity index (χ3v) is 9.46. The number of carbonyl (C=O) groups is 1. The Balaban J connectivity index is 1.30. The van der Waals surface area contributed by atoms with Gasteiger partial charge in [-0.15, -0.1) is 11.3 Å². The van der Waals surface area contributed by atoms with Crippen LogP contribution in [-0.4, -0.2) is 69.1 Å². The highest BCUT2D eigenvalue weighted by atomic mass is 32.1. The van der Waals surface area contributed by atoms with E-state index in [1.54, 1.807) is 25.6 Å². The Kier molecular flexibility index (Phi) is 8.56. The molecule has 0 saturated carbocycles. The van der Waals surface area contributed by atoms with Crippen molar-refractivity contribution in [2.75, 3.05) is 53.6 Å². The van der Waals surface area contributed by atoms with Gasteiger partial charge in [0.2, 0.25) is 0 Å². The molecule has 0 amide bonds. The van der Waals surface area contributed by atoms with Crippen molar-refractivity contribution in [3.8, 4) is 27.7 Å². The van der Waals surface area contributed by atoms with Gasteiger partial charge in [-0.1, -0.05) is 12.1 Å². The molecule has 6 rings (SSSR count). The normalized spacial score (nSPS) is 16.0. The summed E-state index contributed by atoms with van der Waals surface area (Å²) >= 11 is 1.62. The van der Waals surface area contributed by atoms with E-state index in [9.17, 15) is 4.79 Å². The Morgan fingerprint density at radius 1 is 0.805 bits per heavy atom. The first kappa shape index (κ1) is 27.8. The fourth-order valence-corrected chi connectivity index (χ4v) is 7.21. The molecule has 214 valence electrons. The first-order valence-corrected chi connectivity index (χ1v) is 15.4. The van der Waals surface area contributed by atoms with Gasteiger partial charge in [0.05, 0.1) is 14.2 Å². The van der Waals surface area contributed by atoms with Gasteiger partial charge in [-0.2, -0.15) is 0 Å². The number of nitrogens with zero attached hydrogens (tertiary/aromatic N) is 2. The van der Waals surface area contributed by atoms with Crippen LogP contribution < -0.4 is 14.2 Å². The van der Waals surface area contributed by atoms with E-state index in [1.165, 1.54) is 38.8 Å². The molecule has 4 aromatic rings. The molecule has 0 unspecified atom stereocenters. The van der Waals surface area contributed by atoms with Gasteiger partial charge in [-0.3, -0.25) is 14.6 Å². The Labute approximate surface area is 246 Å². The van der Waals surface area contributed by atoms with Gasteiger partial charge in [0.1, 0.15) is 23.9 Å². The number of fused-ring (bicyclic) bond motifs is 1. The van der Waals surface area contributed by atoms with Gasteiger partial charge in [0, 0.05) is 44.7 Å². The lowest BCUT2D eigenvalue weighted by atomic mass is 9.96. The molecule has 3 heterocycles. The number of thiophene rings is 1. The van der Waals surface area contributed by atoms with E-state index >= 15 is 0 Å². The van der Waals surface area contributed by atoms with Gasteiger partial charge in [0.15, 0.2) is 5.78 Å². The molecule has 2 aliphatic rings. The fraction of sp³-hybridized carbons (Fsp3) is 0.382. The number of likely N-dealkylation sites (tertiary alicyclic amines) is 2. The molecule has 2 aliphatic heterocycles. The maximum Gasteiger partial charge on any atom is 0.195 e. The zero-order valence-electron chi connectivity index (χ0n) is 24.0. The summed E-state index contributed by atoms with van der Waals surface area (Å²) in [6.45, 7) is 7.04. The van der Waals surface area contributed by atoms with Gasteiger partial charge < -0.3 is 14.2 Å². The molecule has 41 heavy (non-hydrogen) atoms. The van der Waals surface area contributed by atoms with Crippen LogP contribution in [0.2, 0.25) is 0 Å². The number of carbonyl (C=O) groups excluding carboxylic acids is 1. The summed E-state index contributed by atoms with van der Waals surface area (Å²) in [5.41, 5.74) is 3.46. The molecule has 0 atom stereocenters. The van der Waals surface area contributed by atoms with E-state index in [2.05, 4.69) is 28.0 Å². The lowest BCUT2D eigenvalue weighted by Crippen LogP contribution is -2.25. The molecule has 1 aromatic heterocycles. The van der Waals surface area contributed by atoms with Crippen molar-refractivity contribution in [3.05, 3.63) is 77.4 Å². The molecule has 0 aliphatic carbocycles. The molecule has 0 bridgehead atoms. The predicted octanol–water partition coefficient (Wildman–Crippen LogP) is 6.89. The number of rotatable bonds is 11.